The van der Waals surface area contributed by atoms with Crippen LogP contribution in [0.5, 0.6) is 11.5 Å². The molecule has 1 aliphatic rings. The molecule has 160 valence electrons. The Hall–Kier alpha value is -3.26. The maximum Gasteiger partial charge on any atom is 0.255 e. The fourth-order valence-corrected chi connectivity index (χ4v) is 4.22. The molecule has 0 saturated heterocycles. The van der Waals surface area contributed by atoms with Crippen molar-refractivity contribution in [2.75, 3.05) is 25.5 Å². The zero-order chi connectivity index (χ0) is 21.8. The zero-order valence-corrected chi connectivity index (χ0v) is 18.3. The van der Waals surface area contributed by atoms with E-state index in [4.69, 9.17) is 15.2 Å². The number of nitrogen functional groups attached to an aromatic ring is 1. The molecule has 3 aromatic rings. The second kappa shape index (κ2) is 9.26. The van der Waals surface area contributed by atoms with Gasteiger partial charge < -0.3 is 20.5 Å². The molecule has 8 heteroatoms. The summed E-state index contributed by atoms with van der Waals surface area (Å²) in [5, 5.41) is 3.67. The first kappa shape index (κ1) is 21.0. The van der Waals surface area contributed by atoms with Crippen LogP contribution >= 0.6 is 11.8 Å². The van der Waals surface area contributed by atoms with E-state index >= 15 is 0 Å². The van der Waals surface area contributed by atoms with Crippen molar-refractivity contribution in [3.8, 4) is 22.8 Å². The lowest BCUT2D eigenvalue weighted by molar-refractivity contribution is 0.0948. The molecule has 0 aliphatic carbocycles. The number of fused-ring (bicyclic) bond motifs is 7. The lowest BCUT2D eigenvalue weighted by Crippen LogP contribution is -2.26. The van der Waals surface area contributed by atoms with Crippen LogP contribution < -0.4 is 20.5 Å². The van der Waals surface area contributed by atoms with E-state index in [2.05, 4.69) is 15.3 Å². The van der Waals surface area contributed by atoms with Crippen LogP contribution in [-0.2, 0) is 0 Å². The van der Waals surface area contributed by atoms with Crippen LogP contribution in [0.15, 0.2) is 52.4 Å². The summed E-state index contributed by atoms with van der Waals surface area (Å²) in [5.41, 5.74) is 8.90. The highest BCUT2D eigenvalue weighted by Gasteiger charge is 2.18. The van der Waals surface area contributed by atoms with Gasteiger partial charge in [0, 0.05) is 17.0 Å². The summed E-state index contributed by atoms with van der Waals surface area (Å²) >= 11 is 1.48. The monoisotopic (exact) mass is 436 g/mol. The lowest BCUT2D eigenvalue weighted by Gasteiger charge is -2.16. The van der Waals surface area contributed by atoms with Gasteiger partial charge in [0.1, 0.15) is 16.5 Å². The Morgan fingerprint density at radius 3 is 2.90 bits per heavy atom. The van der Waals surface area contributed by atoms with Crippen LogP contribution in [0.4, 0.5) is 5.95 Å². The smallest absolute Gasteiger partial charge is 0.255 e. The Labute approximate surface area is 185 Å². The van der Waals surface area contributed by atoms with Crippen LogP contribution in [0.1, 0.15) is 29.3 Å². The standard InChI is InChI=1S/C23H24N4O3S/c1-3-29-20-10-14(2)17-12-18(20)22(28)25-8-5-9-30-15-6-4-7-16(11-15)31-21-13-19(17)26-23(24)27-21/h4,6-7,10-13H,3,5,8-9H2,1-2H3,(H,25,28)(H2,24,26,27). The molecular weight excluding hydrogens is 412 g/mol. The van der Waals surface area contributed by atoms with Crippen molar-refractivity contribution in [3.63, 3.8) is 0 Å². The minimum atomic E-state index is -0.199. The first-order chi connectivity index (χ1) is 15.0. The third-order valence-corrected chi connectivity index (χ3v) is 5.68. The Balaban J connectivity index is 1.83. The molecule has 31 heavy (non-hydrogen) atoms. The summed E-state index contributed by atoms with van der Waals surface area (Å²) in [7, 11) is 0. The largest absolute Gasteiger partial charge is 0.493 e. The third kappa shape index (κ3) is 4.91. The summed E-state index contributed by atoms with van der Waals surface area (Å²) in [6.45, 7) is 5.31. The average molecular weight is 437 g/mol. The number of hydrogen-bond acceptors (Lipinski definition) is 7. The second-order valence-electron chi connectivity index (χ2n) is 7.08. The summed E-state index contributed by atoms with van der Waals surface area (Å²) < 4.78 is 11.6. The van der Waals surface area contributed by atoms with Gasteiger partial charge in [-0.05, 0) is 62.2 Å². The topological polar surface area (TPSA) is 99.4 Å². The molecule has 3 N–H and O–H groups in total. The highest BCUT2D eigenvalue weighted by molar-refractivity contribution is 7.99. The third-order valence-electron chi connectivity index (χ3n) is 4.77. The van der Waals surface area contributed by atoms with Gasteiger partial charge in [-0.3, -0.25) is 4.79 Å². The quantitative estimate of drug-likeness (QED) is 0.584. The normalized spacial score (nSPS) is 13.8. The van der Waals surface area contributed by atoms with Crippen LogP contribution in [0.3, 0.4) is 0 Å². The van der Waals surface area contributed by atoms with E-state index in [0.717, 1.165) is 21.8 Å². The van der Waals surface area contributed by atoms with E-state index in [-0.39, 0.29) is 11.9 Å². The maximum atomic E-state index is 12.9. The molecule has 7 nitrogen and oxygen atoms in total. The molecule has 1 amide bonds. The number of aryl methyl sites for hydroxylation is 1. The van der Waals surface area contributed by atoms with Crippen molar-refractivity contribution in [2.24, 2.45) is 0 Å². The van der Waals surface area contributed by atoms with Crippen LogP contribution in [-0.4, -0.2) is 35.6 Å². The van der Waals surface area contributed by atoms with E-state index in [1.807, 2.05) is 56.3 Å². The number of hydrogen-bond donors (Lipinski definition) is 2. The van der Waals surface area contributed by atoms with Gasteiger partial charge in [-0.25, -0.2) is 9.97 Å². The fourth-order valence-electron chi connectivity index (χ4n) is 3.35. The molecule has 0 radical (unpaired) electrons. The molecule has 0 unspecified atom stereocenters. The number of nitrogens with one attached hydrogen (secondary N) is 1. The number of anilines is 1. The van der Waals surface area contributed by atoms with Gasteiger partial charge in [0.15, 0.2) is 0 Å². The number of carbonyl (C=O) groups is 1. The van der Waals surface area contributed by atoms with Crippen molar-refractivity contribution in [2.45, 2.75) is 30.2 Å². The Morgan fingerprint density at radius 1 is 1.19 bits per heavy atom. The van der Waals surface area contributed by atoms with Crippen molar-refractivity contribution in [1.29, 1.82) is 0 Å². The number of nitrogens with two attached hydrogens (primary N) is 1. The van der Waals surface area contributed by atoms with E-state index in [1.165, 1.54) is 11.8 Å². The maximum absolute atomic E-state index is 12.9. The molecule has 0 spiro atoms. The molecule has 0 fully saturated rings. The van der Waals surface area contributed by atoms with Gasteiger partial charge in [0.2, 0.25) is 5.95 Å². The van der Waals surface area contributed by atoms with Crippen molar-refractivity contribution >= 4 is 23.6 Å². The Morgan fingerprint density at radius 2 is 2.06 bits per heavy atom. The number of benzene rings is 2. The molecular formula is C23H24N4O3S. The Bertz CT molecular complexity index is 1120. The van der Waals surface area contributed by atoms with E-state index in [9.17, 15) is 4.79 Å². The zero-order valence-electron chi connectivity index (χ0n) is 17.5. The summed E-state index contributed by atoms with van der Waals surface area (Å²) in [6.07, 6.45) is 0.685. The summed E-state index contributed by atoms with van der Waals surface area (Å²) in [6, 6.07) is 13.4. The molecule has 2 aromatic carbocycles. The van der Waals surface area contributed by atoms with Gasteiger partial charge in [0.25, 0.3) is 5.91 Å². The van der Waals surface area contributed by atoms with Gasteiger partial charge >= 0.3 is 0 Å². The number of ether oxygens (including phenoxy) is 2. The fraction of sp³-hybridized carbons (Fsp3) is 0.261. The van der Waals surface area contributed by atoms with Crippen LogP contribution in [0, 0.1) is 6.92 Å². The van der Waals surface area contributed by atoms with Crippen molar-refractivity contribution in [3.05, 3.63) is 53.6 Å². The number of aromatic nitrogens is 2. The SMILES string of the molecule is CCOc1cc(C)c2cc1C(=O)NCCCOc1cccc(c1)Sc1cc-2nc(N)n1. The molecule has 1 aromatic heterocycles. The second-order valence-corrected chi connectivity index (χ2v) is 8.17. The first-order valence-electron chi connectivity index (χ1n) is 10.1. The minimum Gasteiger partial charge on any atom is -0.493 e. The van der Waals surface area contributed by atoms with Gasteiger partial charge in [0.05, 0.1) is 24.5 Å². The number of carbonyl (C=O) groups excluding carboxylic acids is 1. The molecule has 6 bridgehead atoms. The lowest BCUT2D eigenvalue weighted by atomic mass is 10.0. The van der Waals surface area contributed by atoms with Gasteiger partial charge in [-0.15, -0.1) is 0 Å². The number of rotatable bonds is 2. The highest BCUT2D eigenvalue weighted by Crippen LogP contribution is 2.34. The average Bonchev–Trinajstić information content (AvgIpc) is 2.73. The van der Waals surface area contributed by atoms with Crippen molar-refractivity contribution in [1.82, 2.24) is 15.3 Å². The van der Waals surface area contributed by atoms with E-state index in [0.29, 0.717) is 48.2 Å². The van der Waals surface area contributed by atoms with Crippen molar-refractivity contribution < 1.29 is 14.3 Å². The summed E-state index contributed by atoms with van der Waals surface area (Å²) in [4.78, 5) is 22.7. The van der Waals surface area contributed by atoms with E-state index in [1.54, 1.807) is 0 Å². The molecule has 2 heterocycles. The predicted molar refractivity (Wildman–Crippen MR) is 121 cm³/mol. The number of amides is 1. The van der Waals surface area contributed by atoms with Crippen LogP contribution in [0.25, 0.3) is 11.3 Å². The molecule has 1 aliphatic heterocycles. The number of nitrogens with zero attached hydrogens (tertiary/aromatic N) is 2. The molecule has 0 saturated carbocycles. The Kier molecular flexibility index (Phi) is 6.27. The van der Waals surface area contributed by atoms with Gasteiger partial charge in [-0.2, -0.15) is 0 Å². The predicted octanol–water partition coefficient (Wildman–Crippen LogP) is 4.10. The van der Waals surface area contributed by atoms with Crippen LogP contribution in [0.2, 0.25) is 0 Å². The molecule has 0 atom stereocenters. The summed E-state index contributed by atoms with van der Waals surface area (Å²) in [5.74, 6) is 1.29. The first-order valence-corrected chi connectivity index (χ1v) is 11.0. The van der Waals surface area contributed by atoms with E-state index < -0.39 is 0 Å². The van der Waals surface area contributed by atoms with Gasteiger partial charge in [-0.1, -0.05) is 17.8 Å². The highest BCUT2D eigenvalue weighted by atomic mass is 32.2. The molecule has 4 rings (SSSR count). The minimum absolute atomic E-state index is 0.174.